The Morgan fingerprint density at radius 2 is 1.38 bits per heavy atom. The van der Waals surface area contributed by atoms with Gasteiger partial charge in [0.25, 0.3) is 0 Å². The monoisotopic (exact) mass is 186 g/mol. The second-order valence-corrected chi connectivity index (χ2v) is 3.16. The van der Waals surface area contributed by atoms with Gasteiger partial charge in [-0.25, -0.2) is 0 Å². The summed E-state index contributed by atoms with van der Waals surface area (Å²) in [5, 5.41) is 18.1. The second kappa shape index (κ2) is 5.91. The van der Waals surface area contributed by atoms with E-state index in [2.05, 4.69) is 13.2 Å². The molecule has 0 spiro atoms. The van der Waals surface area contributed by atoms with Crippen molar-refractivity contribution in [1.82, 2.24) is 0 Å². The zero-order valence-corrected chi connectivity index (χ0v) is 8.29. The molecule has 0 aromatic rings. The molecule has 3 nitrogen and oxygen atoms in total. The molecular weight excluding hydrogens is 168 g/mol. The van der Waals surface area contributed by atoms with Crippen molar-refractivity contribution in [2.24, 2.45) is 0 Å². The number of hydrogen-bond donors (Lipinski definition) is 2. The molecule has 0 aromatic carbocycles. The molecule has 0 saturated heterocycles. The average molecular weight is 186 g/mol. The van der Waals surface area contributed by atoms with E-state index in [1.54, 1.807) is 13.8 Å². The lowest BCUT2D eigenvalue weighted by Gasteiger charge is -2.12. The molecule has 0 heterocycles. The molecule has 76 valence electrons. The fourth-order valence-electron chi connectivity index (χ4n) is 0.554. The van der Waals surface area contributed by atoms with Crippen LogP contribution >= 0.6 is 0 Å². The van der Waals surface area contributed by atoms with Gasteiger partial charge < -0.3 is 14.9 Å². The van der Waals surface area contributed by atoms with Crippen molar-refractivity contribution < 1.29 is 14.9 Å². The summed E-state index contributed by atoms with van der Waals surface area (Å²) >= 11 is 0. The summed E-state index contributed by atoms with van der Waals surface area (Å²) in [6, 6.07) is 0. The van der Waals surface area contributed by atoms with Crippen molar-refractivity contribution in [1.29, 1.82) is 0 Å². The number of rotatable bonds is 6. The van der Waals surface area contributed by atoms with Gasteiger partial charge in [0.2, 0.25) is 0 Å². The minimum absolute atomic E-state index is 0.295. The van der Waals surface area contributed by atoms with Crippen molar-refractivity contribution >= 4 is 0 Å². The highest BCUT2D eigenvalue weighted by Crippen LogP contribution is 2.02. The Balaban J connectivity index is 3.57. The minimum atomic E-state index is -0.556. The molecule has 0 fully saturated rings. The first kappa shape index (κ1) is 12.4. The van der Waals surface area contributed by atoms with Crippen molar-refractivity contribution in [3.63, 3.8) is 0 Å². The molecule has 2 unspecified atom stereocenters. The van der Waals surface area contributed by atoms with Crippen LogP contribution in [-0.2, 0) is 4.74 Å². The minimum Gasteiger partial charge on any atom is -0.389 e. The van der Waals surface area contributed by atoms with Gasteiger partial charge in [-0.15, -0.1) is 0 Å². The number of aliphatic hydroxyl groups excluding tert-OH is 2. The predicted octanol–water partition coefficient (Wildman–Crippen LogP) is 0.877. The molecule has 0 bridgehead atoms. The normalized spacial score (nSPS) is 15.1. The van der Waals surface area contributed by atoms with Crippen LogP contribution in [0.15, 0.2) is 24.3 Å². The van der Waals surface area contributed by atoms with E-state index in [4.69, 9.17) is 14.9 Å². The van der Waals surface area contributed by atoms with E-state index in [1.807, 2.05) is 0 Å². The maximum absolute atomic E-state index is 9.04. The number of ether oxygens (including phenoxy) is 1. The van der Waals surface area contributed by atoms with Crippen LogP contribution in [0, 0.1) is 0 Å². The molecular formula is C10H18O3. The lowest BCUT2D eigenvalue weighted by atomic mass is 10.2. The van der Waals surface area contributed by atoms with Gasteiger partial charge in [0.15, 0.2) is 0 Å². The van der Waals surface area contributed by atoms with E-state index in [0.29, 0.717) is 24.4 Å². The van der Waals surface area contributed by atoms with Crippen molar-refractivity contribution in [2.75, 3.05) is 13.2 Å². The Hall–Kier alpha value is -0.640. The third kappa shape index (κ3) is 5.58. The molecule has 0 amide bonds. The van der Waals surface area contributed by atoms with Gasteiger partial charge in [0.1, 0.15) is 0 Å². The molecule has 2 N–H and O–H groups in total. The molecule has 0 aromatic heterocycles. The molecule has 2 atom stereocenters. The fraction of sp³-hybridized carbons (Fsp3) is 0.600. The zero-order chi connectivity index (χ0) is 10.4. The Labute approximate surface area is 79.3 Å². The van der Waals surface area contributed by atoms with Gasteiger partial charge in [-0.1, -0.05) is 13.2 Å². The van der Waals surface area contributed by atoms with E-state index in [-0.39, 0.29) is 0 Å². The summed E-state index contributed by atoms with van der Waals surface area (Å²) in [5.74, 6) is 0. The maximum atomic E-state index is 9.04. The summed E-state index contributed by atoms with van der Waals surface area (Å²) in [7, 11) is 0. The quantitative estimate of drug-likeness (QED) is 0.605. The van der Waals surface area contributed by atoms with Gasteiger partial charge in [-0.2, -0.15) is 0 Å². The molecule has 0 rings (SSSR count). The van der Waals surface area contributed by atoms with Crippen LogP contribution in [0.5, 0.6) is 0 Å². The van der Waals surface area contributed by atoms with Crippen molar-refractivity contribution in [3.05, 3.63) is 24.3 Å². The van der Waals surface area contributed by atoms with E-state index in [1.165, 1.54) is 0 Å². The topological polar surface area (TPSA) is 49.7 Å². The predicted molar refractivity (Wildman–Crippen MR) is 52.5 cm³/mol. The average Bonchev–Trinajstić information content (AvgIpc) is 2.03. The zero-order valence-electron chi connectivity index (χ0n) is 8.29. The first-order valence-electron chi connectivity index (χ1n) is 4.24. The molecule has 0 aliphatic carbocycles. The molecule has 13 heavy (non-hydrogen) atoms. The van der Waals surface area contributed by atoms with Gasteiger partial charge in [0, 0.05) is 0 Å². The summed E-state index contributed by atoms with van der Waals surface area (Å²) in [6.45, 7) is 11.1. The third-order valence-corrected chi connectivity index (χ3v) is 1.76. The SMILES string of the molecule is C=C(COCC(=C)C(C)O)C(C)O. The van der Waals surface area contributed by atoms with Gasteiger partial charge >= 0.3 is 0 Å². The Bertz CT molecular complexity index is 163. The van der Waals surface area contributed by atoms with Crippen LogP contribution in [0.2, 0.25) is 0 Å². The van der Waals surface area contributed by atoms with Gasteiger partial charge in [0.05, 0.1) is 25.4 Å². The maximum Gasteiger partial charge on any atom is 0.0741 e. The smallest absolute Gasteiger partial charge is 0.0741 e. The second-order valence-electron chi connectivity index (χ2n) is 3.16. The Morgan fingerprint density at radius 1 is 1.08 bits per heavy atom. The van der Waals surface area contributed by atoms with Crippen LogP contribution in [-0.4, -0.2) is 35.6 Å². The van der Waals surface area contributed by atoms with Crippen molar-refractivity contribution in [2.45, 2.75) is 26.1 Å². The summed E-state index contributed by atoms with van der Waals surface area (Å²) in [6.07, 6.45) is -1.11. The fourth-order valence-corrected chi connectivity index (χ4v) is 0.554. The molecule has 0 aliphatic rings. The van der Waals surface area contributed by atoms with E-state index < -0.39 is 12.2 Å². The lowest BCUT2D eigenvalue weighted by Crippen LogP contribution is -2.14. The highest BCUT2D eigenvalue weighted by molar-refractivity contribution is 5.03. The van der Waals surface area contributed by atoms with Crippen LogP contribution < -0.4 is 0 Å². The Kier molecular flexibility index (Phi) is 5.62. The Morgan fingerprint density at radius 3 is 1.62 bits per heavy atom. The molecule has 0 aliphatic heterocycles. The van der Waals surface area contributed by atoms with Crippen LogP contribution in [0.25, 0.3) is 0 Å². The summed E-state index contributed by atoms with van der Waals surface area (Å²) in [5.41, 5.74) is 1.25. The van der Waals surface area contributed by atoms with Crippen LogP contribution in [0.1, 0.15) is 13.8 Å². The third-order valence-electron chi connectivity index (χ3n) is 1.76. The number of hydrogen-bond acceptors (Lipinski definition) is 3. The summed E-state index contributed by atoms with van der Waals surface area (Å²) in [4.78, 5) is 0. The van der Waals surface area contributed by atoms with Crippen LogP contribution in [0.4, 0.5) is 0 Å². The number of aliphatic hydroxyl groups is 2. The molecule has 3 heteroatoms. The molecule has 0 radical (unpaired) electrons. The standard InChI is InChI=1S/C10H18O3/c1-7(9(3)11)5-13-6-8(2)10(4)12/h9-12H,1-2,5-6H2,3-4H3. The highest BCUT2D eigenvalue weighted by Gasteiger charge is 2.04. The highest BCUT2D eigenvalue weighted by atomic mass is 16.5. The van der Waals surface area contributed by atoms with E-state index in [0.717, 1.165) is 0 Å². The van der Waals surface area contributed by atoms with Crippen LogP contribution in [0.3, 0.4) is 0 Å². The lowest BCUT2D eigenvalue weighted by molar-refractivity contribution is 0.130. The van der Waals surface area contributed by atoms with Gasteiger partial charge in [-0.05, 0) is 25.0 Å². The van der Waals surface area contributed by atoms with E-state index in [9.17, 15) is 0 Å². The van der Waals surface area contributed by atoms with E-state index >= 15 is 0 Å². The van der Waals surface area contributed by atoms with Crippen molar-refractivity contribution in [3.8, 4) is 0 Å². The first-order chi connectivity index (χ1) is 5.95. The van der Waals surface area contributed by atoms with Gasteiger partial charge in [-0.3, -0.25) is 0 Å². The largest absolute Gasteiger partial charge is 0.389 e. The summed E-state index contributed by atoms with van der Waals surface area (Å²) < 4.78 is 5.16. The molecule has 0 saturated carbocycles. The first-order valence-corrected chi connectivity index (χ1v) is 4.24.